The van der Waals surface area contributed by atoms with Gasteiger partial charge in [0.05, 0.1) is 11.1 Å². The van der Waals surface area contributed by atoms with Gasteiger partial charge < -0.3 is 9.52 Å². The molecule has 0 radical (unpaired) electrons. The highest BCUT2D eigenvalue weighted by atomic mass is 19.2. The Morgan fingerprint density at radius 1 is 1.00 bits per heavy atom. The summed E-state index contributed by atoms with van der Waals surface area (Å²) in [7, 11) is 0. The maximum absolute atomic E-state index is 13.7. The summed E-state index contributed by atoms with van der Waals surface area (Å²) in [5.41, 5.74) is 2.24. The van der Waals surface area contributed by atoms with Gasteiger partial charge in [-0.1, -0.05) is 37.6 Å². The van der Waals surface area contributed by atoms with Crippen LogP contribution in [-0.2, 0) is 6.42 Å². The molecule has 0 aliphatic heterocycles. The summed E-state index contributed by atoms with van der Waals surface area (Å²) in [6, 6.07) is 14.6. The SMILES string of the molecule is CCCCc1ccc(-c2ccc(-c3cc(C(=O)O)c4cc(F)c(F)cc4n3)o2)cc1. The van der Waals surface area contributed by atoms with Crippen molar-refractivity contribution in [1.82, 2.24) is 4.98 Å². The summed E-state index contributed by atoms with van der Waals surface area (Å²) in [4.78, 5) is 15.9. The number of unbranched alkanes of at least 4 members (excludes halogenated alkanes) is 1. The molecule has 0 aliphatic carbocycles. The fourth-order valence-electron chi connectivity index (χ4n) is 3.37. The maximum atomic E-state index is 13.7. The molecule has 0 spiro atoms. The van der Waals surface area contributed by atoms with Crippen LogP contribution in [-0.4, -0.2) is 16.1 Å². The summed E-state index contributed by atoms with van der Waals surface area (Å²) in [6.07, 6.45) is 3.29. The highest BCUT2D eigenvalue weighted by Gasteiger charge is 2.17. The van der Waals surface area contributed by atoms with Gasteiger partial charge in [0.1, 0.15) is 11.5 Å². The second-order valence-electron chi connectivity index (χ2n) is 7.11. The summed E-state index contributed by atoms with van der Waals surface area (Å²) in [6.45, 7) is 2.15. The third-order valence-corrected chi connectivity index (χ3v) is 5.00. The smallest absolute Gasteiger partial charge is 0.336 e. The molecule has 6 heteroatoms. The Kier molecular flexibility index (Phi) is 5.31. The zero-order chi connectivity index (χ0) is 21.3. The lowest BCUT2D eigenvalue weighted by atomic mass is 10.1. The number of furan rings is 1. The van der Waals surface area contributed by atoms with E-state index in [9.17, 15) is 18.7 Å². The van der Waals surface area contributed by atoms with E-state index in [2.05, 4.69) is 24.0 Å². The summed E-state index contributed by atoms with van der Waals surface area (Å²) >= 11 is 0. The molecule has 30 heavy (non-hydrogen) atoms. The van der Waals surface area contributed by atoms with E-state index >= 15 is 0 Å². The number of hydrogen-bond acceptors (Lipinski definition) is 3. The molecule has 0 amide bonds. The van der Waals surface area contributed by atoms with Crippen molar-refractivity contribution in [3.63, 3.8) is 0 Å². The fourth-order valence-corrected chi connectivity index (χ4v) is 3.37. The number of aromatic nitrogens is 1. The van der Waals surface area contributed by atoms with Crippen LogP contribution >= 0.6 is 0 Å². The minimum Gasteiger partial charge on any atom is -0.478 e. The number of nitrogens with zero attached hydrogens (tertiary/aromatic N) is 1. The number of hydrogen-bond donors (Lipinski definition) is 1. The Labute approximate surface area is 171 Å². The number of carboxylic acid groups (broad SMARTS) is 1. The first-order valence-electron chi connectivity index (χ1n) is 9.69. The van der Waals surface area contributed by atoms with Crippen molar-refractivity contribution in [3.05, 3.63) is 77.4 Å². The first-order valence-corrected chi connectivity index (χ1v) is 9.69. The van der Waals surface area contributed by atoms with Crippen molar-refractivity contribution in [3.8, 4) is 22.8 Å². The number of carboxylic acids is 1. The second-order valence-corrected chi connectivity index (χ2v) is 7.11. The molecule has 2 aromatic heterocycles. The van der Waals surface area contributed by atoms with Gasteiger partial charge in [0.15, 0.2) is 17.4 Å². The van der Waals surface area contributed by atoms with E-state index in [-0.39, 0.29) is 22.2 Å². The lowest BCUT2D eigenvalue weighted by Crippen LogP contribution is -2.01. The van der Waals surface area contributed by atoms with Crippen LogP contribution in [0.4, 0.5) is 8.78 Å². The molecule has 0 saturated heterocycles. The summed E-state index contributed by atoms with van der Waals surface area (Å²) in [5.74, 6) is -2.52. The minimum absolute atomic E-state index is 0.0274. The van der Waals surface area contributed by atoms with Gasteiger partial charge in [-0.15, -0.1) is 0 Å². The number of carbonyl (C=O) groups is 1. The van der Waals surface area contributed by atoms with Crippen molar-refractivity contribution in [2.24, 2.45) is 0 Å². The van der Waals surface area contributed by atoms with Gasteiger partial charge in [-0.25, -0.2) is 18.6 Å². The zero-order valence-corrected chi connectivity index (χ0v) is 16.3. The Bertz CT molecular complexity index is 1230. The van der Waals surface area contributed by atoms with Gasteiger partial charge in [0.2, 0.25) is 0 Å². The molecule has 152 valence electrons. The molecule has 0 unspecified atom stereocenters. The van der Waals surface area contributed by atoms with Gasteiger partial charge in [-0.05, 0) is 42.7 Å². The second kappa shape index (κ2) is 8.06. The molecule has 2 aromatic carbocycles. The fraction of sp³-hybridized carbons (Fsp3) is 0.167. The Morgan fingerprint density at radius 3 is 2.40 bits per heavy atom. The normalized spacial score (nSPS) is 11.2. The van der Waals surface area contributed by atoms with Crippen LogP contribution in [0.3, 0.4) is 0 Å². The van der Waals surface area contributed by atoms with Gasteiger partial charge in [0.25, 0.3) is 0 Å². The van der Waals surface area contributed by atoms with E-state index in [4.69, 9.17) is 4.42 Å². The number of halogens is 2. The standard InChI is InChI=1S/C24H19F2NO3/c1-2-3-4-14-5-7-15(8-6-14)22-9-10-23(30-22)21-12-17(24(28)29)16-11-18(25)19(26)13-20(16)27-21/h5-13H,2-4H2,1H3,(H,28,29). The van der Waals surface area contributed by atoms with E-state index in [1.807, 2.05) is 12.1 Å². The van der Waals surface area contributed by atoms with Crippen LogP contribution in [0.15, 0.2) is 59.0 Å². The lowest BCUT2D eigenvalue weighted by Gasteiger charge is -2.06. The first kappa shape index (κ1) is 19.8. The highest BCUT2D eigenvalue weighted by molar-refractivity contribution is 6.03. The molecule has 0 atom stereocenters. The molecule has 4 rings (SSSR count). The summed E-state index contributed by atoms with van der Waals surface area (Å²) < 4.78 is 33.1. The Hall–Kier alpha value is -3.54. The van der Waals surface area contributed by atoms with Crippen molar-refractivity contribution in [2.45, 2.75) is 26.2 Å². The average molecular weight is 407 g/mol. The molecule has 0 bridgehead atoms. The summed E-state index contributed by atoms with van der Waals surface area (Å²) in [5, 5.41) is 9.54. The lowest BCUT2D eigenvalue weighted by molar-refractivity contribution is 0.0699. The monoisotopic (exact) mass is 407 g/mol. The van der Waals surface area contributed by atoms with Crippen LogP contribution in [0.2, 0.25) is 0 Å². The number of aryl methyl sites for hydroxylation is 1. The Balaban J connectivity index is 1.72. The van der Waals surface area contributed by atoms with E-state index < -0.39 is 17.6 Å². The van der Waals surface area contributed by atoms with E-state index in [1.165, 1.54) is 11.6 Å². The highest BCUT2D eigenvalue weighted by Crippen LogP contribution is 2.31. The topological polar surface area (TPSA) is 63.3 Å². The van der Waals surface area contributed by atoms with Crippen molar-refractivity contribution in [1.29, 1.82) is 0 Å². The molecule has 4 nitrogen and oxygen atoms in total. The van der Waals surface area contributed by atoms with E-state index in [0.29, 0.717) is 11.5 Å². The van der Waals surface area contributed by atoms with Crippen molar-refractivity contribution in [2.75, 3.05) is 0 Å². The average Bonchev–Trinajstić information content (AvgIpc) is 3.23. The number of rotatable bonds is 6. The van der Waals surface area contributed by atoms with E-state index in [1.54, 1.807) is 12.1 Å². The molecule has 2 heterocycles. The van der Waals surface area contributed by atoms with Gasteiger partial charge in [0, 0.05) is 17.0 Å². The van der Waals surface area contributed by atoms with Gasteiger partial charge in [-0.3, -0.25) is 0 Å². The predicted molar refractivity (Wildman–Crippen MR) is 110 cm³/mol. The van der Waals surface area contributed by atoms with Crippen LogP contribution in [0.1, 0.15) is 35.7 Å². The zero-order valence-electron chi connectivity index (χ0n) is 16.3. The van der Waals surface area contributed by atoms with Crippen LogP contribution in [0, 0.1) is 11.6 Å². The molecule has 0 fully saturated rings. The number of pyridine rings is 1. The number of fused-ring (bicyclic) bond motifs is 1. The number of aromatic carboxylic acids is 1. The quantitative estimate of drug-likeness (QED) is 0.397. The maximum Gasteiger partial charge on any atom is 0.336 e. The van der Waals surface area contributed by atoms with Gasteiger partial charge >= 0.3 is 5.97 Å². The first-order chi connectivity index (χ1) is 14.5. The van der Waals surface area contributed by atoms with Crippen LogP contribution in [0.5, 0.6) is 0 Å². The molecule has 1 N–H and O–H groups in total. The Morgan fingerprint density at radius 2 is 1.70 bits per heavy atom. The third-order valence-electron chi connectivity index (χ3n) is 5.00. The molecule has 0 aliphatic rings. The molecule has 4 aromatic rings. The predicted octanol–water partition coefficient (Wildman–Crippen LogP) is 6.48. The van der Waals surface area contributed by atoms with Gasteiger partial charge in [-0.2, -0.15) is 0 Å². The van der Waals surface area contributed by atoms with Crippen molar-refractivity contribution >= 4 is 16.9 Å². The van der Waals surface area contributed by atoms with Crippen LogP contribution < -0.4 is 0 Å². The minimum atomic E-state index is -1.26. The van der Waals surface area contributed by atoms with Crippen molar-refractivity contribution < 1.29 is 23.1 Å². The largest absolute Gasteiger partial charge is 0.478 e. The molecular weight excluding hydrogens is 388 g/mol. The van der Waals surface area contributed by atoms with E-state index in [0.717, 1.165) is 37.0 Å². The molecule has 0 saturated carbocycles. The third kappa shape index (κ3) is 3.81. The number of benzene rings is 2. The van der Waals surface area contributed by atoms with Crippen LogP contribution in [0.25, 0.3) is 33.7 Å². The molecular formula is C24H19F2NO3.